The molecule has 1 aliphatic carbocycles. The summed E-state index contributed by atoms with van der Waals surface area (Å²) in [4.78, 5) is 12.1. The van der Waals surface area contributed by atoms with Crippen LogP contribution in [0.2, 0.25) is 5.02 Å². The molecule has 0 amide bonds. The Morgan fingerprint density at radius 1 is 1.00 bits per heavy atom. The van der Waals surface area contributed by atoms with E-state index in [2.05, 4.69) is 15.1 Å². The SMILES string of the molecule is O=S(=O)(c1ccccc1)n1cc(-c2nc(N[C@@H]3CCC[C@H](NCl)C3)ncc2Cl)c2ccccc21. The molecule has 0 aliphatic heterocycles. The number of nitrogens with zero attached hydrogens (tertiary/aromatic N) is 3. The quantitative estimate of drug-likeness (QED) is 0.331. The molecular formula is C24H23Cl2N5O2S. The molecule has 0 unspecified atom stereocenters. The molecule has 0 bridgehead atoms. The highest BCUT2D eigenvalue weighted by atomic mass is 35.5. The average molecular weight is 516 g/mol. The summed E-state index contributed by atoms with van der Waals surface area (Å²) in [7, 11) is -3.81. The molecule has 4 aromatic rings. The number of benzene rings is 2. The second-order valence-corrected chi connectivity index (χ2v) is 10.8. The molecule has 0 spiro atoms. The minimum absolute atomic E-state index is 0.179. The molecule has 176 valence electrons. The Bertz CT molecular complexity index is 1430. The van der Waals surface area contributed by atoms with E-state index in [-0.39, 0.29) is 17.0 Å². The van der Waals surface area contributed by atoms with Crippen LogP contribution < -0.4 is 10.2 Å². The first-order chi connectivity index (χ1) is 16.5. The van der Waals surface area contributed by atoms with Crippen LogP contribution in [0.3, 0.4) is 0 Å². The molecule has 34 heavy (non-hydrogen) atoms. The number of hydrogen-bond acceptors (Lipinski definition) is 6. The number of nitrogens with one attached hydrogen (secondary N) is 2. The van der Waals surface area contributed by atoms with Crippen molar-refractivity contribution in [2.45, 2.75) is 42.7 Å². The first-order valence-corrected chi connectivity index (χ1v) is 13.2. The van der Waals surface area contributed by atoms with Gasteiger partial charge in [-0.1, -0.05) is 48.0 Å². The smallest absolute Gasteiger partial charge is 0.268 e. The zero-order valence-corrected chi connectivity index (χ0v) is 20.5. The molecule has 2 N–H and O–H groups in total. The van der Waals surface area contributed by atoms with Gasteiger partial charge in [0.2, 0.25) is 5.95 Å². The Hall–Kier alpha value is -2.65. The van der Waals surface area contributed by atoms with Crippen LogP contribution in [0.1, 0.15) is 25.7 Å². The molecule has 2 atom stereocenters. The van der Waals surface area contributed by atoms with Crippen molar-refractivity contribution in [1.29, 1.82) is 0 Å². The van der Waals surface area contributed by atoms with Crippen LogP contribution in [0.5, 0.6) is 0 Å². The Balaban J connectivity index is 1.57. The molecule has 0 radical (unpaired) electrons. The molecule has 1 aliphatic rings. The van der Waals surface area contributed by atoms with E-state index < -0.39 is 10.0 Å². The number of hydrogen-bond donors (Lipinski definition) is 2. The summed E-state index contributed by atoms with van der Waals surface area (Å²) >= 11 is 12.4. The first-order valence-electron chi connectivity index (χ1n) is 11.0. The van der Waals surface area contributed by atoms with Crippen LogP contribution >= 0.6 is 23.4 Å². The van der Waals surface area contributed by atoms with Gasteiger partial charge >= 0.3 is 0 Å². The van der Waals surface area contributed by atoms with E-state index in [9.17, 15) is 8.42 Å². The van der Waals surface area contributed by atoms with Gasteiger partial charge in [-0.05, 0) is 55.7 Å². The monoisotopic (exact) mass is 515 g/mol. The molecule has 2 aromatic heterocycles. The highest BCUT2D eigenvalue weighted by molar-refractivity contribution is 7.90. The lowest BCUT2D eigenvalue weighted by atomic mass is 9.92. The van der Waals surface area contributed by atoms with Crippen LogP contribution in [0, 0.1) is 0 Å². The van der Waals surface area contributed by atoms with E-state index in [0.29, 0.717) is 27.7 Å². The van der Waals surface area contributed by atoms with Gasteiger partial charge in [-0.2, -0.15) is 0 Å². The molecule has 0 saturated heterocycles. The average Bonchev–Trinajstić information content (AvgIpc) is 3.26. The molecule has 10 heteroatoms. The topological polar surface area (TPSA) is 88.9 Å². The molecule has 1 fully saturated rings. The molecule has 1 saturated carbocycles. The van der Waals surface area contributed by atoms with Gasteiger partial charge in [-0.15, -0.1) is 0 Å². The summed E-state index contributed by atoms with van der Waals surface area (Å²) in [6.07, 6.45) is 7.06. The van der Waals surface area contributed by atoms with E-state index in [4.69, 9.17) is 28.4 Å². The second kappa shape index (κ2) is 9.54. The fourth-order valence-corrected chi connectivity index (χ4v) is 6.25. The standard InChI is InChI=1S/C24H23Cl2N5O2S/c25-21-14-27-24(28-16-7-6-8-17(13-16)30-26)29-23(21)20-15-31(22-12-5-4-11-19(20)22)34(32,33)18-9-2-1-3-10-18/h1-5,9-12,14-17,30H,6-8,13H2,(H,27,28,29)/t16-,17+/m1/s1. The lowest BCUT2D eigenvalue weighted by molar-refractivity contribution is 0.390. The third-order valence-electron chi connectivity index (χ3n) is 6.14. The van der Waals surface area contributed by atoms with Crippen LogP contribution in [-0.4, -0.2) is 34.4 Å². The molecule has 2 heterocycles. The van der Waals surface area contributed by atoms with Crippen molar-refractivity contribution in [1.82, 2.24) is 18.8 Å². The fraction of sp³-hybridized carbons (Fsp3) is 0.250. The molecular weight excluding hydrogens is 493 g/mol. The maximum Gasteiger partial charge on any atom is 0.268 e. The normalized spacial score (nSPS) is 18.8. The highest BCUT2D eigenvalue weighted by Gasteiger charge is 2.25. The molecule has 5 rings (SSSR count). The van der Waals surface area contributed by atoms with Gasteiger partial charge in [-0.3, -0.25) is 0 Å². The minimum Gasteiger partial charge on any atom is -0.351 e. The maximum atomic E-state index is 13.4. The number of aromatic nitrogens is 3. The third-order valence-corrected chi connectivity index (χ3v) is 8.41. The van der Waals surface area contributed by atoms with Gasteiger partial charge in [0.15, 0.2) is 0 Å². The lowest BCUT2D eigenvalue weighted by Crippen LogP contribution is -2.35. The number of para-hydroxylation sites is 1. The summed E-state index contributed by atoms with van der Waals surface area (Å²) < 4.78 is 28.2. The van der Waals surface area contributed by atoms with Crippen molar-refractivity contribution in [3.05, 3.63) is 72.0 Å². The Labute approximate surface area is 208 Å². The second-order valence-electron chi connectivity index (χ2n) is 8.38. The third kappa shape index (κ3) is 4.38. The molecule has 2 aromatic carbocycles. The van der Waals surface area contributed by atoms with Crippen LogP contribution in [0.4, 0.5) is 5.95 Å². The maximum absolute atomic E-state index is 13.4. The van der Waals surface area contributed by atoms with Crippen molar-refractivity contribution >= 4 is 50.3 Å². The largest absolute Gasteiger partial charge is 0.351 e. The number of rotatable bonds is 6. The minimum atomic E-state index is -3.81. The van der Waals surface area contributed by atoms with E-state index >= 15 is 0 Å². The van der Waals surface area contributed by atoms with E-state index in [1.807, 2.05) is 18.2 Å². The van der Waals surface area contributed by atoms with Gasteiger partial charge in [-0.25, -0.2) is 27.2 Å². The fourth-order valence-electron chi connectivity index (χ4n) is 4.47. The van der Waals surface area contributed by atoms with Gasteiger partial charge < -0.3 is 5.32 Å². The predicted octanol–water partition coefficient (Wildman–Crippen LogP) is 5.46. The van der Waals surface area contributed by atoms with Crippen molar-refractivity contribution in [2.24, 2.45) is 0 Å². The van der Waals surface area contributed by atoms with E-state index in [1.165, 1.54) is 3.97 Å². The van der Waals surface area contributed by atoms with Crippen molar-refractivity contribution < 1.29 is 8.42 Å². The number of fused-ring (bicyclic) bond motifs is 1. The Morgan fingerprint density at radius 2 is 1.74 bits per heavy atom. The summed E-state index contributed by atoms with van der Waals surface area (Å²) in [5.41, 5.74) is 1.64. The van der Waals surface area contributed by atoms with Crippen LogP contribution in [-0.2, 0) is 10.0 Å². The Kier molecular flexibility index (Phi) is 6.48. The van der Waals surface area contributed by atoms with E-state index in [1.54, 1.807) is 48.8 Å². The van der Waals surface area contributed by atoms with Crippen LogP contribution in [0.25, 0.3) is 22.2 Å². The number of halogens is 2. The summed E-state index contributed by atoms with van der Waals surface area (Å²) in [5, 5.41) is 4.46. The van der Waals surface area contributed by atoms with Gasteiger partial charge in [0, 0.05) is 29.2 Å². The predicted molar refractivity (Wildman–Crippen MR) is 136 cm³/mol. The highest BCUT2D eigenvalue weighted by Crippen LogP contribution is 2.36. The van der Waals surface area contributed by atoms with Gasteiger partial charge in [0.05, 0.1) is 27.3 Å². The van der Waals surface area contributed by atoms with E-state index in [0.717, 1.165) is 31.1 Å². The van der Waals surface area contributed by atoms with Crippen molar-refractivity contribution in [3.63, 3.8) is 0 Å². The summed E-state index contributed by atoms with van der Waals surface area (Å²) in [6.45, 7) is 0. The number of anilines is 1. The van der Waals surface area contributed by atoms with Crippen molar-refractivity contribution in [2.75, 3.05) is 5.32 Å². The molecule has 7 nitrogen and oxygen atoms in total. The van der Waals surface area contributed by atoms with Gasteiger partial charge in [0.1, 0.15) is 0 Å². The lowest BCUT2D eigenvalue weighted by Gasteiger charge is -2.28. The first kappa shape index (κ1) is 23.1. The zero-order valence-electron chi connectivity index (χ0n) is 18.2. The van der Waals surface area contributed by atoms with Crippen LogP contribution in [0.15, 0.2) is 71.9 Å². The zero-order chi connectivity index (χ0) is 23.7. The summed E-state index contributed by atoms with van der Waals surface area (Å²) in [5.74, 6) is 0.447. The Morgan fingerprint density at radius 3 is 2.53 bits per heavy atom. The van der Waals surface area contributed by atoms with Gasteiger partial charge in [0.25, 0.3) is 10.0 Å². The summed E-state index contributed by atoms with van der Waals surface area (Å²) in [6, 6.07) is 16.1. The van der Waals surface area contributed by atoms with Crippen molar-refractivity contribution in [3.8, 4) is 11.3 Å².